The van der Waals surface area contributed by atoms with Crippen molar-refractivity contribution in [2.45, 2.75) is 45.4 Å². The van der Waals surface area contributed by atoms with Crippen LogP contribution >= 0.6 is 0 Å². The number of rotatable bonds is 3. The van der Waals surface area contributed by atoms with Crippen LogP contribution in [-0.2, 0) is 10.9 Å². The lowest BCUT2D eigenvalue weighted by molar-refractivity contribution is -0.137. The van der Waals surface area contributed by atoms with E-state index in [1.165, 1.54) is 12.1 Å². The van der Waals surface area contributed by atoms with Crippen LogP contribution in [0.3, 0.4) is 0 Å². The van der Waals surface area contributed by atoms with E-state index in [0.717, 1.165) is 18.9 Å². The van der Waals surface area contributed by atoms with E-state index in [0.29, 0.717) is 19.6 Å². The normalized spacial score (nSPS) is 18.8. The van der Waals surface area contributed by atoms with Gasteiger partial charge in [-0.05, 0) is 51.7 Å². The molecule has 0 aromatic heterocycles. The molecule has 1 atom stereocenters. The molecule has 1 unspecified atom stereocenters. The second-order valence-corrected chi connectivity index (χ2v) is 7.36. The van der Waals surface area contributed by atoms with Crippen molar-refractivity contribution in [3.05, 3.63) is 29.8 Å². The number of hydrogen-bond donors (Lipinski definition) is 1. The molecule has 1 aliphatic rings. The average Bonchev–Trinajstić information content (AvgIpc) is 2.51. The molecule has 1 aliphatic heterocycles. The van der Waals surface area contributed by atoms with Crippen molar-refractivity contribution in [1.29, 1.82) is 0 Å². The average molecular weight is 358 g/mol. The van der Waals surface area contributed by atoms with E-state index >= 15 is 0 Å². The smallest absolute Gasteiger partial charge is 0.418 e. The largest absolute Gasteiger partial charge is 0.444 e. The third-order valence-corrected chi connectivity index (χ3v) is 3.98. The Morgan fingerprint density at radius 1 is 1.28 bits per heavy atom. The number of anilines is 1. The van der Waals surface area contributed by atoms with Gasteiger partial charge in [-0.1, -0.05) is 12.1 Å². The van der Waals surface area contributed by atoms with Crippen LogP contribution in [0.25, 0.3) is 0 Å². The van der Waals surface area contributed by atoms with Gasteiger partial charge in [-0.15, -0.1) is 0 Å². The number of alkyl halides is 3. The molecule has 1 N–H and O–H groups in total. The molecule has 140 valence electrons. The quantitative estimate of drug-likeness (QED) is 0.847. The summed E-state index contributed by atoms with van der Waals surface area (Å²) in [6.07, 6.45) is -3.08. The highest BCUT2D eigenvalue weighted by atomic mass is 19.4. The number of benzene rings is 1. The Hall–Kier alpha value is -1.92. The molecule has 1 amide bonds. The number of hydrogen-bond acceptors (Lipinski definition) is 3. The molecule has 1 heterocycles. The van der Waals surface area contributed by atoms with Crippen molar-refractivity contribution in [3.63, 3.8) is 0 Å². The Morgan fingerprint density at radius 3 is 2.60 bits per heavy atom. The fourth-order valence-electron chi connectivity index (χ4n) is 2.86. The molecule has 0 bridgehead atoms. The fourth-order valence-corrected chi connectivity index (χ4v) is 2.86. The third kappa shape index (κ3) is 5.83. The number of nitrogens with one attached hydrogen (secondary N) is 1. The molecular weight excluding hydrogens is 333 g/mol. The number of piperidine rings is 1. The lowest BCUT2D eigenvalue weighted by Gasteiger charge is -2.34. The zero-order chi connectivity index (χ0) is 18.7. The minimum Gasteiger partial charge on any atom is -0.444 e. The summed E-state index contributed by atoms with van der Waals surface area (Å²) in [5.74, 6) is 0.0857. The summed E-state index contributed by atoms with van der Waals surface area (Å²) in [6, 6.07) is 5.44. The van der Waals surface area contributed by atoms with Crippen molar-refractivity contribution in [3.8, 4) is 0 Å². The number of likely N-dealkylation sites (tertiary alicyclic amines) is 1. The minimum atomic E-state index is -4.39. The predicted octanol–water partition coefficient (Wildman–Crippen LogP) is 4.76. The first-order valence-corrected chi connectivity index (χ1v) is 8.44. The van der Waals surface area contributed by atoms with Crippen LogP contribution < -0.4 is 5.32 Å². The molecule has 25 heavy (non-hydrogen) atoms. The Kier molecular flexibility index (Phi) is 5.85. The standard InChI is InChI=1S/C18H25F3N2O2/c1-17(2,3)25-16(24)23-10-6-7-13(12-23)11-22-15-9-5-4-8-14(15)18(19,20)21/h4-5,8-9,13,22H,6-7,10-12H2,1-3H3. The molecule has 1 aromatic carbocycles. The van der Waals surface area contributed by atoms with Gasteiger partial charge in [0.15, 0.2) is 0 Å². The van der Waals surface area contributed by atoms with Gasteiger partial charge in [0, 0.05) is 25.3 Å². The van der Waals surface area contributed by atoms with Crippen LogP contribution in [0.2, 0.25) is 0 Å². The molecule has 0 aliphatic carbocycles. The summed E-state index contributed by atoms with van der Waals surface area (Å²) in [6.45, 7) is 6.90. The van der Waals surface area contributed by atoms with Gasteiger partial charge >= 0.3 is 12.3 Å². The molecule has 1 fully saturated rings. The number of carbonyl (C=O) groups excluding carboxylic acids is 1. The zero-order valence-corrected chi connectivity index (χ0v) is 14.8. The second kappa shape index (κ2) is 7.54. The number of nitrogens with zero attached hydrogens (tertiary/aromatic N) is 1. The van der Waals surface area contributed by atoms with Gasteiger partial charge in [0.05, 0.1) is 5.56 Å². The molecule has 1 saturated heterocycles. The maximum Gasteiger partial charge on any atom is 0.418 e. The fraction of sp³-hybridized carbons (Fsp3) is 0.611. The van der Waals surface area contributed by atoms with Crippen LogP contribution in [0, 0.1) is 5.92 Å². The van der Waals surface area contributed by atoms with E-state index in [9.17, 15) is 18.0 Å². The number of para-hydroxylation sites is 1. The van der Waals surface area contributed by atoms with E-state index in [1.807, 2.05) is 20.8 Å². The Bertz CT molecular complexity index is 597. The maximum absolute atomic E-state index is 13.0. The molecule has 7 heteroatoms. The van der Waals surface area contributed by atoms with Gasteiger partial charge in [0.1, 0.15) is 5.60 Å². The summed E-state index contributed by atoms with van der Waals surface area (Å²) in [7, 11) is 0. The Morgan fingerprint density at radius 2 is 1.96 bits per heavy atom. The van der Waals surface area contributed by atoms with Crippen LogP contribution in [-0.4, -0.2) is 36.2 Å². The maximum atomic E-state index is 13.0. The lowest BCUT2D eigenvalue weighted by Crippen LogP contribution is -2.44. The summed E-state index contributed by atoms with van der Waals surface area (Å²) in [5, 5.41) is 2.90. The van der Waals surface area contributed by atoms with Crippen molar-refractivity contribution < 1.29 is 22.7 Å². The summed E-state index contributed by atoms with van der Waals surface area (Å²) >= 11 is 0. The highest BCUT2D eigenvalue weighted by Crippen LogP contribution is 2.34. The molecule has 4 nitrogen and oxygen atoms in total. The Labute approximate surface area is 146 Å². The van der Waals surface area contributed by atoms with Gasteiger partial charge in [0.2, 0.25) is 0 Å². The zero-order valence-electron chi connectivity index (χ0n) is 14.8. The second-order valence-electron chi connectivity index (χ2n) is 7.36. The first-order valence-electron chi connectivity index (χ1n) is 8.44. The van der Waals surface area contributed by atoms with Crippen LogP contribution in [0.4, 0.5) is 23.7 Å². The molecule has 0 spiro atoms. The van der Waals surface area contributed by atoms with Crippen molar-refractivity contribution >= 4 is 11.8 Å². The van der Waals surface area contributed by atoms with Crippen molar-refractivity contribution in [2.24, 2.45) is 5.92 Å². The SMILES string of the molecule is CC(C)(C)OC(=O)N1CCCC(CNc2ccccc2C(F)(F)F)C1. The van der Waals surface area contributed by atoms with Gasteiger partial charge in [-0.2, -0.15) is 13.2 Å². The van der Waals surface area contributed by atoms with E-state index in [4.69, 9.17) is 4.74 Å². The molecule has 2 rings (SSSR count). The molecule has 0 radical (unpaired) electrons. The van der Waals surface area contributed by atoms with E-state index in [-0.39, 0.29) is 17.7 Å². The van der Waals surface area contributed by atoms with Crippen LogP contribution in [0.5, 0.6) is 0 Å². The summed E-state index contributed by atoms with van der Waals surface area (Å²) in [4.78, 5) is 13.8. The minimum absolute atomic E-state index is 0.0735. The van der Waals surface area contributed by atoms with Crippen LogP contribution in [0.1, 0.15) is 39.2 Å². The number of carbonyl (C=O) groups is 1. The highest BCUT2D eigenvalue weighted by Gasteiger charge is 2.33. The first-order chi connectivity index (χ1) is 11.6. The van der Waals surface area contributed by atoms with E-state index in [2.05, 4.69) is 5.32 Å². The molecule has 1 aromatic rings. The topological polar surface area (TPSA) is 41.6 Å². The van der Waals surface area contributed by atoms with Gasteiger partial charge in [-0.3, -0.25) is 0 Å². The van der Waals surface area contributed by atoms with Crippen LogP contribution in [0.15, 0.2) is 24.3 Å². The van der Waals surface area contributed by atoms with E-state index < -0.39 is 17.3 Å². The van der Waals surface area contributed by atoms with Gasteiger partial charge in [0.25, 0.3) is 0 Å². The number of halogens is 3. The third-order valence-electron chi connectivity index (χ3n) is 3.98. The van der Waals surface area contributed by atoms with Crippen molar-refractivity contribution in [2.75, 3.05) is 25.0 Å². The highest BCUT2D eigenvalue weighted by molar-refractivity contribution is 5.68. The summed E-state index contributed by atoms with van der Waals surface area (Å²) in [5.41, 5.74) is -1.16. The molecular formula is C18H25F3N2O2. The van der Waals surface area contributed by atoms with Crippen molar-refractivity contribution in [1.82, 2.24) is 4.90 Å². The lowest BCUT2D eigenvalue weighted by atomic mass is 9.98. The monoisotopic (exact) mass is 358 g/mol. The first kappa shape index (κ1) is 19.4. The molecule has 0 saturated carbocycles. The summed E-state index contributed by atoms with van der Waals surface area (Å²) < 4.78 is 44.5. The Balaban J connectivity index is 1.95. The number of amides is 1. The predicted molar refractivity (Wildman–Crippen MR) is 90.5 cm³/mol. The van der Waals surface area contributed by atoms with E-state index in [1.54, 1.807) is 11.0 Å². The van der Waals surface area contributed by atoms with Gasteiger partial charge in [-0.25, -0.2) is 4.79 Å². The number of ether oxygens (including phenoxy) is 1. The van der Waals surface area contributed by atoms with Gasteiger partial charge < -0.3 is 15.0 Å².